The van der Waals surface area contributed by atoms with Crippen LogP contribution in [0.2, 0.25) is 0 Å². The Morgan fingerprint density at radius 3 is 2.24 bits per heavy atom. The minimum absolute atomic E-state index is 0.0217. The van der Waals surface area contributed by atoms with Crippen molar-refractivity contribution in [3.8, 4) is 0 Å². The first-order chi connectivity index (χ1) is 12.1. The fourth-order valence-corrected chi connectivity index (χ4v) is 3.73. The van der Waals surface area contributed by atoms with Gasteiger partial charge in [0.1, 0.15) is 0 Å². The highest BCUT2D eigenvalue weighted by Crippen LogP contribution is 2.23. The fraction of sp³-hybridized carbons (Fsp3) is 0.526. The van der Waals surface area contributed by atoms with Crippen molar-refractivity contribution in [2.24, 2.45) is 5.92 Å². The first-order valence-corrected chi connectivity index (χ1v) is 8.94. The molecule has 0 radical (unpaired) electrons. The predicted octanol–water partition coefficient (Wildman–Crippen LogP) is 1.79. The first kappa shape index (κ1) is 17.5. The summed E-state index contributed by atoms with van der Waals surface area (Å²) < 4.78 is 0. The molecule has 0 unspecified atom stereocenters. The van der Waals surface area contributed by atoms with Gasteiger partial charge in [0, 0.05) is 32.1 Å². The average Bonchev–Trinajstić information content (AvgIpc) is 3.16. The van der Waals surface area contributed by atoms with Crippen molar-refractivity contribution in [3.05, 3.63) is 35.4 Å². The summed E-state index contributed by atoms with van der Waals surface area (Å²) in [6.45, 7) is 2.87. The molecule has 0 atom stereocenters. The number of hydrogen-bond acceptors (Lipinski definition) is 3. The molecule has 2 aliphatic heterocycles. The van der Waals surface area contributed by atoms with Crippen molar-refractivity contribution < 1.29 is 19.5 Å². The lowest BCUT2D eigenvalue weighted by Crippen LogP contribution is -2.44. The molecule has 0 saturated carbocycles. The van der Waals surface area contributed by atoms with Crippen molar-refractivity contribution in [3.63, 3.8) is 0 Å². The van der Waals surface area contributed by atoms with Gasteiger partial charge in [-0.15, -0.1) is 0 Å². The van der Waals surface area contributed by atoms with E-state index in [2.05, 4.69) is 0 Å². The van der Waals surface area contributed by atoms with Crippen molar-refractivity contribution in [1.29, 1.82) is 0 Å². The molecule has 1 N–H and O–H groups in total. The zero-order chi connectivity index (χ0) is 17.8. The number of aromatic carboxylic acids is 1. The number of carboxylic acid groups (broad SMARTS) is 1. The molecule has 2 amide bonds. The normalized spacial score (nSPS) is 18.4. The third-order valence-electron chi connectivity index (χ3n) is 5.20. The number of rotatable bonds is 4. The van der Waals surface area contributed by atoms with E-state index in [-0.39, 0.29) is 29.7 Å². The number of carbonyl (C=O) groups is 3. The zero-order valence-electron chi connectivity index (χ0n) is 14.3. The van der Waals surface area contributed by atoms with Gasteiger partial charge in [-0.25, -0.2) is 4.79 Å². The maximum Gasteiger partial charge on any atom is 0.335 e. The van der Waals surface area contributed by atoms with Crippen LogP contribution in [0.3, 0.4) is 0 Å². The number of nitrogens with zero attached hydrogens (tertiary/aromatic N) is 2. The zero-order valence-corrected chi connectivity index (χ0v) is 14.3. The van der Waals surface area contributed by atoms with Gasteiger partial charge in [0.25, 0.3) is 0 Å². The van der Waals surface area contributed by atoms with E-state index in [1.807, 2.05) is 4.90 Å². The van der Waals surface area contributed by atoms with Gasteiger partial charge in [-0.2, -0.15) is 0 Å². The molecule has 0 spiro atoms. The minimum Gasteiger partial charge on any atom is -0.478 e. The van der Waals surface area contributed by atoms with Crippen LogP contribution in [0, 0.1) is 5.92 Å². The third-order valence-corrected chi connectivity index (χ3v) is 5.20. The second-order valence-corrected chi connectivity index (χ2v) is 6.83. The van der Waals surface area contributed by atoms with Gasteiger partial charge in [-0.3, -0.25) is 9.59 Å². The lowest BCUT2D eigenvalue weighted by molar-refractivity contribution is -0.139. The molecule has 1 aromatic rings. The molecule has 6 nitrogen and oxygen atoms in total. The molecule has 0 bridgehead atoms. The fourth-order valence-electron chi connectivity index (χ4n) is 3.73. The molecular weight excluding hydrogens is 320 g/mol. The van der Waals surface area contributed by atoms with E-state index >= 15 is 0 Å². The van der Waals surface area contributed by atoms with Gasteiger partial charge in [0.2, 0.25) is 11.8 Å². The van der Waals surface area contributed by atoms with E-state index in [9.17, 15) is 19.5 Å². The quantitative estimate of drug-likeness (QED) is 0.903. The van der Waals surface area contributed by atoms with Gasteiger partial charge in [0.15, 0.2) is 0 Å². The van der Waals surface area contributed by atoms with Crippen LogP contribution >= 0.6 is 0 Å². The number of carbonyl (C=O) groups excluding carboxylic acids is 2. The molecule has 0 aliphatic carbocycles. The van der Waals surface area contributed by atoms with Crippen LogP contribution in [0.4, 0.5) is 0 Å². The smallest absolute Gasteiger partial charge is 0.335 e. The Labute approximate surface area is 147 Å². The molecule has 6 heteroatoms. The highest BCUT2D eigenvalue weighted by atomic mass is 16.4. The van der Waals surface area contributed by atoms with Crippen molar-refractivity contribution in [2.45, 2.75) is 32.1 Å². The highest BCUT2D eigenvalue weighted by Gasteiger charge is 2.31. The Bertz CT molecular complexity index is 659. The molecular formula is C19H24N2O4. The topological polar surface area (TPSA) is 77.9 Å². The van der Waals surface area contributed by atoms with Gasteiger partial charge in [-0.05, 0) is 37.3 Å². The summed E-state index contributed by atoms with van der Waals surface area (Å²) >= 11 is 0. The summed E-state index contributed by atoms with van der Waals surface area (Å²) in [4.78, 5) is 39.9. The summed E-state index contributed by atoms with van der Waals surface area (Å²) in [6.07, 6.45) is 3.66. The number of hydrogen-bond donors (Lipinski definition) is 1. The molecule has 0 aromatic heterocycles. The van der Waals surface area contributed by atoms with Crippen LogP contribution in [0.15, 0.2) is 24.3 Å². The van der Waals surface area contributed by atoms with E-state index in [1.54, 1.807) is 23.1 Å². The average molecular weight is 344 g/mol. The highest BCUT2D eigenvalue weighted by molar-refractivity contribution is 5.91. The van der Waals surface area contributed by atoms with Gasteiger partial charge >= 0.3 is 5.97 Å². The van der Waals surface area contributed by atoms with Crippen LogP contribution < -0.4 is 0 Å². The Kier molecular flexibility index (Phi) is 5.36. The molecule has 2 fully saturated rings. The van der Waals surface area contributed by atoms with Gasteiger partial charge in [0.05, 0.1) is 12.0 Å². The Morgan fingerprint density at radius 2 is 1.60 bits per heavy atom. The molecule has 1 aromatic carbocycles. The largest absolute Gasteiger partial charge is 0.478 e. The Morgan fingerprint density at radius 1 is 0.960 bits per heavy atom. The number of benzene rings is 1. The van der Waals surface area contributed by atoms with E-state index in [0.29, 0.717) is 31.5 Å². The number of likely N-dealkylation sites (tertiary alicyclic amines) is 2. The Balaban J connectivity index is 1.55. The maximum absolute atomic E-state index is 12.5. The summed E-state index contributed by atoms with van der Waals surface area (Å²) in [5.41, 5.74) is 0.713. The third kappa shape index (κ3) is 4.00. The second-order valence-electron chi connectivity index (χ2n) is 6.83. The second kappa shape index (κ2) is 7.68. The monoisotopic (exact) mass is 344 g/mol. The minimum atomic E-state index is -1.02. The van der Waals surface area contributed by atoms with Gasteiger partial charge in [-0.1, -0.05) is 18.2 Å². The van der Waals surface area contributed by atoms with Crippen molar-refractivity contribution >= 4 is 17.8 Å². The predicted molar refractivity (Wildman–Crippen MR) is 92.2 cm³/mol. The van der Waals surface area contributed by atoms with Crippen LogP contribution in [0.25, 0.3) is 0 Å². The summed E-state index contributed by atoms with van der Waals surface area (Å²) in [5, 5.41) is 9.22. The molecule has 134 valence electrons. The number of carboxylic acids is 1. The van der Waals surface area contributed by atoms with Crippen LogP contribution in [-0.4, -0.2) is 58.9 Å². The first-order valence-electron chi connectivity index (χ1n) is 8.94. The summed E-state index contributed by atoms with van der Waals surface area (Å²) in [6, 6.07) is 6.61. The van der Waals surface area contributed by atoms with E-state index in [4.69, 9.17) is 0 Å². The molecule has 3 rings (SSSR count). The molecule has 25 heavy (non-hydrogen) atoms. The van der Waals surface area contributed by atoms with Crippen molar-refractivity contribution in [1.82, 2.24) is 9.80 Å². The standard InChI is InChI=1S/C19H24N2O4/c22-17(13-15-5-1-2-6-16(15)19(24)25)20-11-7-14(8-12-20)18(23)21-9-3-4-10-21/h1-2,5-6,14H,3-4,7-13H2,(H,24,25). The van der Waals surface area contributed by atoms with E-state index in [0.717, 1.165) is 25.9 Å². The van der Waals surface area contributed by atoms with E-state index in [1.165, 1.54) is 6.07 Å². The molecule has 2 heterocycles. The van der Waals surface area contributed by atoms with E-state index < -0.39 is 5.97 Å². The van der Waals surface area contributed by atoms with Crippen molar-refractivity contribution in [2.75, 3.05) is 26.2 Å². The summed E-state index contributed by atoms with van der Waals surface area (Å²) in [7, 11) is 0. The molecule has 2 saturated heterocycles. The molecule has 2 aliphatic rings. The van der Waals surface area contributed by atoms with Crippen LogP contribution in [0.1, 0.15) is 41.6 Å². The summed E-state index contributed by atoms with van der Waals surface area (Å²) in [5.74, 6) is -0.826. The SMILES string of the molecule is O=C(O)c1ccccc1CC(=O)N1CCC(C(=O)N2CCCC2)CC1. The van der Waals surface area contributed by atoms with Gasteiger partial charge < -0.3 is 14.9 Å². The lowest BCUT2D eigenvalue weighted by atomic mass is 9.94. The lowest BCUT2D eigenvalue weighted by Gasteiger charge is -2.33. The van der Waals surface area contributed by atoms with Crippen LogP contribution in [-0.2, 0) is 16.0 Å². The number of piperidine rings is 1. The number of amides is 2. The maximum atomic E-state index is 12.5. The van der Waals surface area contributed by atoms with Crippen LogP contribution in [0.5, 0.6) is 0 Å². The Hall–Kier alpha value is -2.37.